The Morgan fingerprint density at radius 1 is 0.893 bits per heavy atom. The minimum atomic E-state index is 0.923. The molecular weight excluding hydrogens is 344 g/mol. The van der Waals surface area contributed by atoms with Gasteiger partial charge in [0.05, 0.1) is 5.56 Å². The highest BCUT2D eigenvalue weighted by atomic mass is 16.3. The summed E-state index contributed by atoms with van der Waals surface area (Å²) in [5, 5.41) is 2.31. The first kappa shape index (κ1) is 16.7. The molecule has 0 saturated carbocycles. The maximum absolute atomic E-state index is 6.32. The molecule has 0 amide bonds. The molecule has 0 saturated heterocycles. The van der Waals surface area contributed by atoms with Crippen LogP contribution in [0.4, 0.5) is 0 Å². The molecule has 0 radical (unpaired) electrons. The van der Waals surface area contributed by atoms with E-state index in [0.29, 0.717) is 0 Å². The number of pyridine rings is 2. The Morgan fingerprint density at radius 3 is 2.57 bits per heavy atom. The van der Waals surface area contributed by atoms with Crippen molar-refractivity contribution in [2.75, 3.05) is 0 Å². The third kappa shape index (κ3) is 2.51. The van der Waals surface area contributed by atoms with Gasteiger partial charge in [0.1, 0.15) is 18.2 Å². The number of aromatic nitrogens is 2. The SMILES string of the molecule is Cc1c[n+](C)c(-c2c(C)ccc3c2oc2ccccc23)cc1-c1cccnc1. The van der Waals surface area contributed by atoms with E-state index >= 15 is 0 Å². The van der Waals surface area contributed by atoms with Gasteiger partial charge in [0.2, 0.25) is 5.69 Å². The molecule has 3 heterocycles. The van der Waals surface area contributed by atoms with Crippen molar-refractivity contribution >= 4 is 21.9 Å². The molecule has 2 aromatic carbocycles. The van der Waals surface area contributed by atoms with Crippen LogP contribution >= 0.6 is 0 Å². The Hall–Kier alpha value is -3.46. The Bertz CT molecular complexity index is 1330. The van der Waals surface area contributed by atoms with Crippen LogP contribution in [0.3, 0.4) is 0 Å². The lowest BCUT2D eigenvalue weighted by atomic mass is 9.96. The van der Waals surface area contributed by atoms with Gasteiger partial charge in [0.25, 0.3) is 0 Å². The largest absolute Gasteiger partial charge is 0.455 e. The van der Waals surface area contributed by atoms with Crippen LogP contribution in [0.15, 0.2) is 77.6 Å². The molecule has 0 aliphatic rings. The predicted octanol–water partition coefficient (Wildman–Crippen LogP) is 5.76. The fraction of sp³-hybridized carbons (Fsp3) is 0.120. The molecule has 5 rings (SSSR count). The fourth-order valence-electron chi connectivity index (χ4n) is 4.07. The minimum Gasteiger partial charge on any atom is -0.455 e. The number of aryl methyl sites for hydroxylation is 3. The number of nitrogens with zero attached hydrogens (tertiary/aromatic N) is 2. The van der Waals surface area contributed by atoms with Gasteiger partial charge >= 0.3 is 0 Å². The number of benzene rings is 2. The van der Waals surface area contributed by atoms with Crippen molar-refractivity contribution in [3.63, 3.8) is 0 Å². The Kier molecular flexibility index (Phi) is 3.76. The smallest absolute Gasteiger partial charge is 0.216 e. The molecule has 3 aromatic heterocycles. The van der Waals surface area contributed by atoms with E-state index < -0.39 is 0 Å². The Labute approximate surface area is 163 Å². The van der Waals surface area contributed by atoms with Gasteiger partial charge in [-0.2, -0.15) is 0 Å². The molecule has 0 N–H and O–H groups in total. The fourth-order valence-corrected chi connectivity index (χ4v) is 4.07. The number of hydrogen-bond donors (Lipinski definition) is 0. The van der Waals surface area contributed by atoms with Gasteiger partial charge in [-0.05, 0) is 37.1 Å². The van der Waals surface area contributed by atoms with Crippen molar-refractivity contribution in [1.82, 2.24) is 4.98 Å². The summed E-state index contributed by atoms with van der Waals surface area (Å²) in [5.41, 5.74) is 8.86. The summed E-state index contributed by atoms with van der Waals surface area (Å²) >= 11 is 0. The average molecular weight is 365 g/mol. The van der Waals surface area contributed by atoms with Gasteiger partial charge in [-0.25, -0.2) is 4.57 Å². The van der Waals surface area contributed by atoms with Crippen LogP contribution in [0.2, 0.25) is 0 Å². The first-order valence-corrected chi connectivity index (χ1v) is 9.45. The maximum Gasteiger partial charge on any atom is 0.216 e. The molecular formula is C25H21N2O+. The highest BCUT2D eigenvalue weighted by Crippen LogP contribution is 2.37. The molecule has 3 heteroatoms. The second kappa shape index (κ2) is 6.31. The summed E-state index contributed by atoms with van der Waals surface area (Å²) in [7, 11) is 2.09. The van der Waals surface area contributed by atoms with E-state index in [9.17, 15) is 0 Å². The molecule has 0 atom stereocenters. The van der Waals surface area contributed by atoms with Crippen LogP contribution in [0.1, 0.15) is 11.1 Å². The third-order valence-electron chi connectivity index (χ3n) is 5.46. The molecule has 136 valence electrons. The second-order valence-corrected chi connectivity index (χ2v) is 7.34. The lowest BCUT2D eigenvalue weighted by molar-refractivity contribution is -0.660. The van der Waals surface area contributed by atoms with Crippen LogP contribution < -0.4 is 4.57 Å². The Morgan fingerprint density at radius 2 is 1.75 bits per heavy atom. The number of fused-ring (bicyclic) bond motifs is 3. The van der Waals surface area contributed by atoms with Crippen LogP contribution in [0, 0.1) is 13.8 Å². The summed E-state index contributed by atoms with van der Waals surface area (Å²) in [5.74, 6) is 0. The van der Waals surface area contributed by atoms with Gasteiger partial charge in [-0.15, -0.1) is 0 Å². The minimum absolute atomic E-state index is 0.923. The molecule has 5 aromatic rings. The van der Waals surface area contributed by atoms with Gasteiger partial charge in [-0.3, -0.25) is 4.98 Å². The predicted molar refractivity (Wildman–Crippen MR) is 113 cm³/mol. The van der Waals surface area contributed by atoms with Crippen LogP contribution in [-0.4, -0.2) is 4.98 Å². The molecule has 0 bridgehead atoms. The van der Waals surface area contributed by atoms with E-state index in [-0.39, 0.29) is 0 Å². The van der Waals surface area contributed by atoms with Gasteiger partial charge < -0.3 is 4.42 Å². The topological polar surface area (TPSA) is 29.9 Å². The number of hydrogen-bond acceptors (Lipinski definition) is 2. The van der Waals surface area contributed by atoms with Crippen molar-refractivity contribution < 1.29 is 8.98 Å². The molecule has 0 spiro atoms. The standard InChI is InChI=1S/C25H21N2O/c1-16-10-11-20-19-8-4-5-9-23(19)28-25(20)24(16)22-13-21(17(2)15-27(22)3)18-7-6-12-26-14-18/h4-15H,1-3H3/q+1. The van der Waals surface area contributed by atoms with Gasteiger partial charge in [-0.1, -0.05) is 36.4 Å². The van der Waals surface area contributed by atoms with Crippen LogP contribution in [0.5, 0.6) is 0 Å². The number of para-hydroxylation sites is 1. The lowest BCUT2D eigenvalue weighted by Crippen LogP contribution is -2.31. The van der Waals surface area contributed by atoms with Crippen LogP contribution in [0.25, 0.3) is 44.3 Å². The zero-order chi connectivity index (χ0) is 19.3. The van der Waals surface area contributed by atoms with E-state index in [4.69, 9.17) is 4.42 Å². The van der Waals surface area contributed by atoms with Crippen molar-refractivity contribution in [3.8, 4) is 22.4 Å². The first-order chi connectivity index (χ1) is 13.6. The quantitative estimate of drug-likeness (QED) is 0.373. The molecule has 0 fully saturated rings. The van der Waals surface area contributed by atoms with Crippen LogP contribution in [-0.2, 0) is 7.05 Å². The summed E-state index contributed by atoms with van der Waals surface area (Å²) < 4.78 is 8.51. The first-order valence-electron chi connectivity index (χ1n) is 9.45. The van der Waals surface area contributed by atoms with E-state index in [2.05, 4.69) is 73.0 Å². The monoisotopic (exact) mass is 365 g/mol. The average Bonchev–Trinajstić information content (AvgIpc) is 3.08. The second-order valence-electron chi connectivity index (χ2n) is 7.34. The molecule has 3 nitrogen and oxygen atoms in total. The Balaban J connectivity index is 1.84. The van der Waals surface area contributed by atoms with Crippen molar-refractivity contribution in [2.24, 2.45) is 7.05 Å². The zero-order valence-electron chi connectivity index (χ0n) is 16.2. The highest BCUT2D eigenvalue weighted by molar-refractivity contribution is 6.09. The number of rotatable bonds is 2. The molecule has 0 aliphatic heterocycles. The zero-order valence-corrected chi connectivity index (χ0v) is 16.2. The van der Waals surface area contributed by atoms with Crippen molar-refractivity contribution in [2.45, 2.75) is 13.8 Å². The van der Waals surface area contributed by atoms with Crippen molar-refractivity contribution in [3.05, 3.63) is 84.3 Å². The molecule has 28 heavy (non-hydrogen) atoms. The van der Waals surface area contributed by atoms with Gasteiger partial charge in [0.15, 0.2) is 6.20 Å². The van der Waals surface area contributed by atoms with Gasteiger partial charge in [0, 0.05) is 40.4 Å². The van der Waals surface area contributed by atoms with E-state index in [1.165, 1.54) is 16.7 Å². The summed E-state index contributed by atoms with van der Waals surface area (Å²) in [6.45, 7) is 4.28. The summed E-state index contributed by atoms with van der Waals surface area (Å²) in [6, 6.07) is 18.9. The lowest BCUT2D eigenvalue weighted by Gasteiger charge is -2.10. The number of furan rings is 1. The van der Waals surface area contributed by atoms with Crippen molar-refractivity contribution in [1.29, 1.82) is 0 Å². The summed E-state index contributed by atoms with van der Waals surface area (Å²) in [4.78, 5) is 4.30. The highest BCUT2D eigenvalue weighted by Gasteiger charge is 2.22. The van der Waals surface area contributed by atoms with E-state index in [0.717, 1.165) is 38.8 Å². The molecule has 0 aliphatic carbocycles. The maximum atomic E-state index is 6.32. The third-order valence-corrected chi connectivity index (χ3v) is 5.46. The van der Waals surface area contributed by atoms with E-state index in [1.54, 1.807) is 0 Å². The normalized spacial score (nSPS) is 11.4. The molecule has 0 unspecified atom stereocenters. The van der Waals surface area contributed by atoms with E-state index in [1.807, 2.05) is 30.6 Å². The summed E-state index contributed by atoms with van der Waals surface area (Å²) in [6.07, 6.45) is 5.90.